The molecule has 0 fully saturated rings. The first-order chi connectivity index (χ1) is 2.77. The van der Waals surface area contributed by atoms with Crippen LogP contribution in [0.1, 0.15) is 6.92 Å². The van der Waals surface area contributed by atoms with E-state index in [0.717, 1.165) is 0 Å². The minimum absolute atomic E-state index is 0.329. The van der Waals surface area contributed by atoms with Crippen LogP contribution in [0.25, 0.3) is 0 Å². The van der Waals surface area contributed by atoms with Crippen molar-refractivity contribution in [1.29, 1.82) is 0 Å². The molecule has 6 heavy (non-hydrogen) atoms. The van der Waals surface area contributed by atoms with Crippen LogP contribution in [0.15, 0.2) is 12.2 Å². The van der Waals surface area contributed by atoms with Gasteiger partial charge < -0.3 is 0 Å². The van der Waals surface area contributed by atoms with Crippen LogP contribution in [-0.4, -0.2) is 20.9 Å². The van der Waals surface area contributed by atoms with E-state index in [0.29, 0.717) is 20.9 Å². The third-order valence-corrected chi connectivity index (χ3v) is 2.62. The zero-order valence-corrected chi connectivity index (χ0v) is 6.65. The average molecular weight is 198 g/mol. The predicted octanol–water partition coefficient (Wildman–Crippen LogP) is 1.73. The molecule has 0 atom stereocenters. The second-order valence-electron chi connectivity index (χ2n) is 1.39. The fraction of sp³-hybridized carbons (Fsp3) is 0.600. The second kappa shape index (κ2) is 3.71. The molecule has 0 aliphatic carbocycles. The summed E-state index contributed by atoms with van der Waals surface area (Å²) in [6.07, 6.45) is 0. The summed E-state index contributed by atoms with van der Waals surface area (Å²) in [7, 11) is 0. The first kappa shape index (κ1) is 6.53. The molecule has 36 valence electrons. The van der Waals surface area contributed by atoms with E-state index < -0.39 is 0 Å². The van der Waals surface area contributed by atoms with Crippen LogP contribution in [0, 0.1) is 0 Å². The molecule has 0 heterocycles. The molecule has 0 saturated heterocycles. The zero-order chi connectivity index (χ0) is 4.99. The Bertz CT molecular complexity index is 47.9. The molecule has 0 saturated carbocycles. The molecule has 0 nitrogen and oxygen atoms in total. The van der Waals surface area contributed by atoms with E-state index in [1.807, 2.05) is 0 Å². The van der Waals surface area contributed by atoms with Gasteiger partial charge in [-0.1, -0.05) is 0 Å². The first-order valence-corrected chi connectivity index (χ1v) is 5.88. The van der Waals surface area contributed by atoms with E-state index in [4.69, 9.17) is 0 Å². The average Bonchev–Trinajstić information content (AvgIpc) is 1.35. The molecular weight excluding hydrogens is 188 g/mol. The first-order valence-electron chi connectivity index (χ1n) is 1.90. The molecule has 0 bridgehead atoms. The molecule has 0 aromatic rings. The van der Waals surface area contributed by atoms with Crippen LogP contribution >= 0.6 is 0 Å². The van der Waals surface area contributed by atoms with Gasteiger partial charge in [0.05, 0.1) is 0 Å². The maximum atomic E-state index is 3.78. The van der Waals surface area contributed by atoms with Crippen LogP contribution in [0.2, 0.25) is 9.44 Å². The standard InChI is InChI=1S/C5H10Te/c1-5(2)4-6-3/h1,4H2,2-3H3. The molecule has 0 N–H and O–H groups in total. The van der Waals surface area contributed by atoms with Gasteiger partial charge in [-0.15, -0.1) is 0 Å². The molecule has 0 aromatic carbocycles. The van der Waals surface area contributed by atoms with Gasteiger partial charge in [0.25, 0.3) is 0 Å². The molecule has 0 spiro atoms. The molecule has 0 aliphatic heterocycles. The van der Waals surface area contributed by atoms with Crippen molar-refractivity contribution in [3.8, 4) is 0 Å². The Balaban J connectivity index is 2.83. The summed E-state index contributed by atoms with van der Waals surface area (Å²) >= 11 is 0.329. The van der Waals surface area contributed by atoms with Crippen molar-refractivity contribution in [1.82, 2.24) is 0 Å². The van der Waals surface area contributed by atoms with Crippen molar-refractivity contribution >= 4 is 20.9 Å². The third kappa shape index (κ3) is 4.53. The van der Waals surface area contributed by atoms with Crippen LogP contribution in [0.5, 0.6) is 0 Å². The normalized spacial score (nSPS) is 8.33. The Morgan fingerprint density at radius 3 is 2.33 bits per heavy atom. The summed E-state index contributed by atoms with van der Waals surface area (Å²) in [5.41, 5.74) is 1.35. The Morgan fingerprint density at radius 2 is 2.33 bits per heavy atom. The minimum atomic E-state index is 0.329. The molecule has 0 aromatic heterocycles. The predicted molar refractivity (Wildman–Crippen MR) is 31.2 cm³/mol. The van der Waals surface area contributed by atoms with Gasteiger partial charge in [-0.25, -0.2) is 0 Å². The fourth-order valence-corrected chi connectivity index (χ4v) is 1.65. The van der Waals surface area contributed by atoms with Gasteiger partial charge in [0.1, 0.15) is 0 Å². The number of hydrogen-bond donors (Lipinski definition) is 0. The molecule has 0 amide bonds. The molecule has 0 unspecified atom stereocenters. The van der Waals surface area contributed by atoms with E-state index in [1.165, 1.54) is 10.0 Å². The Labute approximate surface area is 49.7 Å². The number of rotatable bonds is 2. The van der Waals surface area contributed by atoms with E-state index >= 15 is 0 Å². The molecule has 0 radical (unpaired) electrons. The summed E-state index contributed by atoms with van der Waals surface area (Å²) in [6.45, 7) is 5.87. The SMILES string of the molecule is C=C(C)C[Te]C. The Morgan fingerprint density at radius 1 is 1.83 bits per heavy atom. The summed E-state index contributed by atoms with van der Waals surface area (Å²) in [6, 6.07) is 0. The summed E-state index contributed by atoms with van der Waals surface area (Å²) < 4.78 is 1.31. The van der Waals surface area contributed by atoms with Crippen molar-refractivity contribution in [3.63, 3.8) is 0 Å². The fourth-order valence-electron chi connectivity index (χ4n) is 0.246. The van der Waals surface area contributed by atoms with Crippen LogP contribution in [0.4, 0.5) is 0 Å². The Kier molecular flexibility index (Phi) is 4.04. The second-order valence-corrected chi connectivity index (χ2v) is 3.86. The summed E-state index contributed by atoms with van der Waals surface area (Å²) in [5.74, 6) is 0. The van der Waals surface area contributed by atoms with Gasteiger partial charge in [0.15, 0.2) is 0 Å². The van der Waals surface area contributed by atoms with Crippen molar-refractivity contribution < 1.29 is 0 Å². The zero-order valence-electron chi connectivity index (χ0n) is 4.32. The number of hydrogen-bond acceptors (Lipinski definition) is 0. The van der Waals surface area contributed by atoms with Crippen molar-refractivity contribution in [2.75, 3.05) is 0 Å². The van der Waals surface area contributed by atoms with Gasteiger partial charge in [-0.2, -0.15) is 0 Å². The van der Waals surface area contributed by atoms with Gasteiger partial charge >= 0.3 is 49.4 Å². The molecular formula is C5H10Te. The van der Waals surface area contributed by atoms with Crippen molar-refractivity contribution in [2.24, 2.45) is 0 Å². The molecule has 0 aliphatic rings. The van der Waals surface area contributed by atoms with Crippen LogP contribution < -0.4 is 0 Å². The third-order valence-electron chi connectivity index (χ3n) is 0.391. The summed E-state index contributed by atoms with van der Waals surface area (Å²) in [5, 5.41) is 0. The topological polar surface area (TPSA) is 0 Å². The maximum absolute atomic E-state index is 3.78. The van der Waals surface area contributed by atoms with Crippen molar-refractivity contribution in [2.45, 2.75) is 16.4 Å². The Hall–Kier alpha value is 0.530. The van der Waals surface area contributed by atoms with Gasteiger partial charge in [-0.05, 0) is 0 Å². The van der Waals surface area contributed by atoms with E-state index in [2.05, 4.69) is 18.5 Å². The van der Waals surface area contributed by atoms with Crippen LogP contribution in [0.3, 0.4) is 0 Å². The quantitative estimate of drug-likeness (QED) is 0.467. The molecule has 0 rings (SSSR count). The monoisotopic (exact) mass is 200 g/mol. The van der Waals surface area contributed by atoms with Gasteiger partial charge in [0, 0.05) is 0 Å². The van der Waals surface area contributed by atoms with E-state index in [1.54, 1.807) is 0 Å². The van der Waals surface area contributed by atoms with E-state index in [9.17, 15) is 0 Å². The van der Waals surface area contributed by atoms with Crippen LogP contribution in [-0.2, 0) is 0 Å². The molecule has 1 heteroatoms. The van der Waals surface area contributed by atoms with Gasteiger partial charge in [0.2, 0.25) is 0 Å². The van der Waals surface area contributed by atoms with Crippen molar-refractivity contribution in [3.05, 3.63) is 12.2 Å². The number of allylic oxidation sites excluding steroid dienone is 1. The summed E-state index contributed by atoms with van der Waals surface area (Å²) in [4.78, 5) is 2.29. The van der Waals surface area contributed by atoms with E-state index in [-0.39, 0.29) is 0 Å². The van der Waals surface area contributed by atoms with Gasteiger partial charge in [-0.3, -0.25) is 0 Å².